The molecule has 1 saturated carbocycles. The fourth-order valence-electron chi connectivity index (χ4n) is 4.19. The largest absolute Gasteiger partial charge is 0.372 e. The summed E-state index contributed by atoms with van der Waals surface area (Å²) in [6.45, 7) is 2.98. The lowest BCUT2D eigenvalue weighted by Crippen LogP contribution is -2.45. The molecule has 150 valence electrons. The Morgan fingerprint density at radius 1 is 1.25 bits per heavy atom. The molecule has 2 amide bonds. The van der Waals surface area contributed by atoms with Gasteiger partial charge in [0.25, 0.3) is 0 Å². The second-order valence-electron chi connectivity index (χ2n) is 7.89. The van der Waals surface area contributed by atoms with E-state index < -0.39 is 0 Å². The highest BCUT2D eigenvalue weighted by atomic mass is 16.5. The monoisotopic (exact) mass is 383 g/mol. The smallest absolute Gasteiger partial charge is 0.318 e. The number of urea groups is 1. The van der Waals surface area contributed by atoms with Gasteiger partial charge in [0, 0.05) is 19.0 Å². The van der Waals surface area contributed by atoms with Gasteiger partial charge < -0.3 is 15.0 Å². The first-order valence-electron chi connectivity index (χ1n) is 10.3. The van der Waals surface area contributed by atoms with Gasteiger partial charge in [-0.2, -0.15) is 5.10 Å². The van der Waals surface area contributed by atoms with Gasteiger partial charge in [0.2, 0.25) is 0 Å². The minimum absolute atomic E-state index is 0.0230. The van der Waals surface area contributed by atoms with Crippen LogP contribution in [0.4, 0.5) is 4.79 Å². The molecule has 2 atom stereocenters. The average molecular weight is 383 g/mol. The first-order valence-corrected chi connectivity index (χ1v) is 10.3. The highest BCUT2D eigenvalue weighted by molar-refractivity contribution is 5.75. The Morgan fingerprint density at radius 2 is 2.04 bits per heavy atom. The van der Waals surface area contributed by atoms with Gasteiger partial charge >= 0.3 is 6.03 Å². The highest BCUT2D eigenvalue weighted by Crippen LogP contribution is 2.32. The summed E-state index contributed by atoms with van der Waals surface area (Å²) in [5.41, 5.74) is 1.14. The number of carbonyl (C=O) groups is 1. The molecule has 1 saturated heterocycles. The molecule has 1 aromatic heterocycles. The topological polar surface area (TPSA) is 83.1 Å². The summed E-state index contributed by atoms with van der Waals surface area (Å²) in [7, 11) is 0. The van der Waals surface area contributed by atoms with E-state index in [0.717, 1.165) is 24.2 Å². The second-order valence-corrected chi connectivity index (χ2v) is 7.89. The van der Waals surface area contributed by atoms with Crippen LogP contribution in [0.5, 0.6) is 0 Å². The van der Waals surface area contributed by atoms with Gasteiger partial charge in [-0.3, -0.25) is 5.10 Å². The molecule has 1 aliphatic carbocycles. The number of H-pyrrole nitrogens is 1. The van der Waals surface area contributed by atoms with Crippen molar-refractivity contribution >= 4 is 6.03 Å². The third-order valence-corrected chi connectivity index (χ3v) is 5.70. The van der Waals surface area contributed by atoms with Crippen LogP contribution >= 0.6 is 0 Å². The number of aromatic amines is 1. The lowest BCUT2D eigenvalue weighted by atomic mass is 9.96. The molecule has 1 aliphatic heterocycles. The molecular formula is C21H29N5O2. The van der Waals surface area contributed by atoms with Crippen molar-refractivity contribution in [2.75, 3.05) is 6.54 Å². The van der Waals surface area contributed by atoms with Crippen LogP contribution in [0, 0.1) is 6.92 Å². The van der Waals surface area contributed by atoms with Crippen LogP contribution < -0.4 is 5.32 Å². The molecule has 2 aliphatic rings. The highest BCUT2D eigenvalue weighted by Gasteiger charge is 2.39. The van der Waals surface area contributed by atoms with E-state index in [9.17, 15) is 4.79 Å². The van der Waals surface area contributed by atoms with Crippen molar-refractivity contribution in [1.29, 1.82) is 0 Å². The number of nitrogens with zero attached hydrogens (tertiary/aromatic N) is 3. The zero-order chi connectivity index (χ0) is 19.3. The number of aromatic nitrogens is 3. The van der Waals surface area contributed by atoms with Gasteiger partial charge in [-0.05, 0) is 25.3 Å². The Hall–Kier alpha value is -2.41. The average Bonchev–Trinajstić information content (AvgIpc) is 3.34. The van der Waals surface area contributed by atoms with Crippen LogP contribution in [0.3, 0.4) is 0 Å². The Morgan fingerprint density at radius 3 is 2.75 bits per heavy atom. The normalized spacial score (nSPS) is 23.1. The van der Waals surface area contributed by atoms with Crippen LogP contribution in [-0.4, -0.2) is 44.8 Å². The van der Waals surface area contributed by atoms with E-state index in [2.05, 4.69) is 32.6 Å². The Balaban J connectivity index is 1.43. The van der Waals surface area contributed by atoms with Crippen LogP contribution in [-0.2, 0) is 11.3 Å². The van der Waals surface area contributed by atoms with Gasteiger partial charge in [-0.1, -0.05) is 49.6 Å². The molecule has 28 heavy (non-hydrogen) atoms. The van der Waals surface area contributed by atoms with Gasteiger partial charge in [0.15, 0.2) is 5.82 Å². The van der Waals surface area contributed by atoms with Crippen molar-refractivity contribution in [3.63, 3.8) is 0 Å². The van der Waals surface area contributed by atoms with Crippen LogP contribution in [0.1, 0.15) is 61.8 Å². The fourth-order valence-corrected chi connectivity index (χ4v) is 4.19. The fraction of sp³-hybridized carbons (Fsp3) is 0.571. The maximum absolute atomic E-state index is 13.0. The number of carbonyl (C=O) groups excluding carboxylic acids is 1. The van der Waals surface area contributed by atoms with Gasteiger partial charge in [0.05, 0.1) is 18.8 Å². The summed E-state index contributed by atoms with van der Waals surface area (Å²) in [6.07, 6.45) is 6.47. The van der Waals surface area contributed by atoms with E-state index in [1.54, 1.807) is 0 Å². The molecule has 7 heteroatoms. The van der Waals surface area contributed by atoms with Crippen LogP contribution in [0.2, 0.25) is 0 Å². The van der Waals surface area contributed by atoms with Gasteiger partial charge in [0.1, 0.15) is 5.82 Å². The van der Waals surface area contributed by atoms with Gasteiger partial charge in [-0.25, -0.2) is 9.78 Å². The number of hydrogen-bond acceptors (Lipinski definition) is 4. The first kappa shape index (κ1) is 18.9. The molecular weight excluding hydrogens is 354 g/mol. The SMILES string of the molecule is Cc1nc([C@@H]2C[C@H](OCc3ccccc3)CN2C(=O)NC2CCCCC2)n[nH]1. The summed E-state index contributed by atoms with van der Waals surface area (Å²) >= 11 is 0. The minimum atomic E-state index is -0.158. The second kappa shape index (κ2) is 8.73. The van der Waals surface area contributed by atoms with E-state index in [4.69, 9.17) is 4.74 Å². The third kappa shape index (κ3) is 4.52. The Kier molecular flexibility index (Phi) is 5.90. The molecule has 7 nitrogen and oxygen atoms in total. The van der Waals surface area contributed by atoms with Crippen molar-refractivity contribution < 1.29 is 9.53 Å². The number of amides is 2. The standard InChI is InChI=1S/C21H29N5O2/c1-15-22-20(25-24-15)19-12-18(28-14-16-8-4-2-5-9-16)13-26(19)21(27)23-17-10-6-3-7-11-17/h2,4-5,8-9,17-19H,3,6-7,10-14H2,1H3,(H,23,27)(H,22,24,25)/t18-,19-/m0/s1. The van der Waals surface area contributed by atoms with Crippen molar-refractivity contribution in [2.24, 2.45) is 0 Å². The summed E-state index contributed by atoms with van der Waals surface area (Å²) in [6, 6.07) is 10.2. The Bertz CT molecular complexity index is 772. The summed E-state index contributed by atoms with van der Waals surface area (Å²) in [5, 5.41) is 10.4. The van der Waals surface area contributed by atoms with Gasteiger partial charge in [-0.15, -0.1) is 0 Å². The number of hydrogen-bond donors (Lipinski definition) is 2. The quantitative estimate of drug-likeness (QED) is 0.828. The molecule has 2 heterocycles. The van der Waals surface area contributed by atoms with E-state index in [-0.39, 0.29) is 24.2 Å². The zero-order valence-corrected chi connectivity index (χ0v) is 16.4. The van der Waals surface area contributed by atoms with Crippen molar-refractivity contribution in [3.8, 4) is 0 Å². The van der Waals surface area contributed by atoms with Crippen molar-refractivity contribution in [2.45, 2.75) is 70.2 Å². The molecule has 0 radical (unpaired) electrons. The lowest BCUT2D eigenvalue weighted by molar-refractivity contribution is 0.0482. The minimum Gasteiger partial charge on any atom is -0.372 e. The maximum Gasteiger partial charge on any atom is 0.318 e. The van der Waals surface area contributed by atoms with E-state index >= 15 is 0 Å². The molecule has 2 fully saturated rings. The van der Waals surface area contributed by atoms with E-state index in [0.29, 0.717) is 25.4 Å². The maximum atomic E-state index is 13.0. The zero-order valence-electron chi connectivity index (χ0n) is 16.4. The lowest BCUT2D eigenvalue weighted by Gasteiger charge is -2.28. The van der Waals surface area contributed by atoms with Crippen LogP contribution in [0.25, 0.3) is 0 Å². The number of rotatable bonds is 5. The van der Waals surface area contributed by atoms with Crippen molar-refractivity contribution in [1.82, 2.24) is 25.4 Å². The molecule has 0 spiro atoms. The van der Waals surface area contributed by atoms with Crippen LogP contribution in [0.15, 0.2) is 30.3 Å². The number of likely N-dealkylation sites (tertiary alicyclic amines) is 1. The summed E-state index contributed by atoms with van der Waals surface area (Å²) < 4.78 is 6.13. The van der Waals surface area contributed by atoms with E-state index in [1.165, 1.54) is 19.3 Å². The molecule has 1 aromatic carbocycles. The summed E-state index contributed by atoms with van der Waals surface area (Å²) in [4.78, 5) is 19.4. The number of aryl methyl sites for hydroxylation is 1. The predicted molar refractivity (Wildman–Crippen MR) is 106 cm³/mol. The third-order valence-electron chi connectivity index (χ3n) is 5.70. The number of ether oxygens (including phenoxy) is 1. The molecule has 4 rings (SSSR count). The number of nitrogens with one attached hydrogen (secondary N) is 2. The van der Waals surface area contributed by atoms with Crippen molar-refractivity contribution in [3.05, 3.63) is 47.5 Å². The Labute approximate surface area is 165 Å². The molecule has 0 bridgehead atoms. The molecule has 2 aromatic rings. The molecule has 2 N–H and O–H groups in total. The van der Waals surface area contributed by atoms with E-state index in [1.807, 2.05) is 30.0 Å². The number of benzene rings is 1. The summed E-state index contributed by atoms with van der Waals surface area (Å²) in [5.74, 6) is 1.43. The first-order chi connectivity index (χ1) is 13.7. The molecule has 0 unspecified atom stereocenters. The predicted octanol–water partition coefficient (Wildman–Crippen LogP) is 3.49.